The molecule has 28 heavy (non-hydrogen) atoms. The second-order valence-electron chi connectivity index (χ2n) is 5.49. The number of rotatable bonds is 3. The quantitative estimate of drug-likeness (QED) is 0.208. The number of hydrogen-bond acceptors (Lipinski definition) is 0. The molecule has 3 aromatic rings. The topological polar surface area (TPSA) is 0 Å². The van der Waals surface area contributed by atoms with Crippen molar-refractivity contribution < 1.29 is 29.6 Å². The van der Waals surface area contributed by atoms with E-state index < -0.39 is 14.2 Å². The molecule has 0 heterocycles. The summed E-state index contributed by atoms with van der Waals surface area (Å²) in [6.45, 7) is 0. The summed E-state index contributed by atoms with van der Waals surface area (Å²) < 4.78 is 85.8. The van der Waals surface area contributed by atoms with E-state index in [1.165, 1.54) is 24.3 Å². The third-order valence-corrected chi connectivity index (χ3v) is 5.31. The van der Waals surface area contributed by atoms with Crippen molar-refractivity contribution in [1.82, 2.24) is 0 Å². The summed E-state index contributed by atoms with van der Waals surface area (Å²) in [7, 11) is -0.365. The van der Waals surface area contributed by atoms with Gasteiger partial charge in [-0.05, 0) is 60.7 Å². The van der Waals surface area contributed by atoms with Crippen LogP contribution in [0.4, 0.5) is 29.6 Å². The zero-order valence-electron chi connectivity index (χ0n) is 13.9. The van der Waals surface area contributed by atoms with Gasteiger partial charge in [-0.1, -0.05) is 18.2 Å². The van der Waals surface area contributed by atoms with Crippen LogP contribution in [0.15, 0.2) is 93.5 Å². The molecule has 0 aliphatic carbocycles. The Kier molecular flexibility index (Phi) is 5.93. The van der Waals surface area contributed by atoms with Gasteiger partial charge in [0.1, 0.15) is 11.6 Å². The summed E-state index contributed by atoms with van der Waals surface area (Å²) in [5.74, 6) is -0.510. The molecule has 0 unspecified atom stereocenters. The van der Waals surface area contributed by atoms with Crippen LogP contribution < -0.4 is 0 Å². The number of hydrogen-bond donors (Lipinski definition) is 0. The SMILES string of the molecule is F[As-](F)(F)(F)(F)F.Fc1ccc([S+](c2ccccc2)c2ccc(F)cc2)cc1. The Hall–Kier alpha value is -1.99. The van der Waals surface area contributed by atoms with Crippen molar-refractivity contribution in [2.75, 3.05) is 0 Å². The third-order valence-electron chi connectivity index (χ3n) is 3.08. The minimum absolute atomic E-state index is 0.255. The molecule has 0 amide bonds. The van der Waals surface area contributed by atoms with Crippen LogP contribution in [0.3, 0.4) is 0 Å². The standard InChI is InChI=1S/C18H13F2S.AsF6/c19-14-6-10-17(11-7-14)21(16-4-2-1-3-5-16)18-12-8-15(20)9-13-18;2-1(3,4,5,6)7/h1-13H;/q+1;-1. The zero-order chi connectivity index (χ0) is 21.1. The third kappa shape index (κ3) is 8.80. The van der Waals surface area contributed by atoms with E-state index in [2.05, 4.69) is 0 Å². The Bertz CT molecular complexity index is 851. The van der Waals surface area contributed by atoms with Gasteiger partial charge in [0, 0.05) is 0 Å². The molecule has 0 aliphatic rings. The molecule has 0 atom stereocenters. The van der Waals surface area contributed by atoms with Crippen LogP contribution in [-0.2, 0) is 10.9 Å². The summed E-state index contributed by atoms with van der Waals surface area (Å²) in [4.78, 5) is 3.14. The maximum Gasteiger partial charge on any atom is 0.166 e. The largest absolute Gasteiger partial charge is 0.207 e. The number of halogens is 8. The minimum Gasteiger partial charge on any atom is -0.207 e. The van der Waals surface area contributed by atoms with Gasteiger partial charge in [-0.15, -0.1) is 0 Å². The first-order valence-electron chi connectivity index (χ1n) is 7.56. The van der Waals surface area contributed by atoms with Crippen molar-refractivity contribution in [2.45, 2.75) is 14.7 Å². The molecule has 0 saturated heterocycles. The number of benzene rings is 3. The monoisotopic (exact) mass is 488 g/mol. The van der Waals surface area contributed by atoms with Crippen molar-refractivity contribution in [1.29, 1.82) is 0 Å². The second-order valence-corrected chi connectivity index (χ2v) is 11.5. The van der Waals surface area contributed by atoms with Crippen molar-refractivity contribution in [3.63, 3.8) is 0 Å². The Morgan fingerprint density at radius 3 is 1.07 bits per heavy atom. The molecule has 10 heteroatoms. The van der Waals surface area contributed by atoms with Gasteiger partial charge in [0.15, 0.2) is 14.7 Å². The van der Waals surface area contributed by atoms with Crippen LogP contribution in [0, 0.1) is 11.6 Å². The van der Waals surface area contributed by atoms with E-state index in [1.807, 2.05) is 30.3 Å². The average Bonchev–Trinajstić information content (AvgIpc) is 2.57. The molecular weight excluding hydrogens is 475 g/mol. The first-order valence-corrected chi connectivity index (χ1v) is 13.0. The average molecular weight is 488 g/mol. The van der Waals surface area contributed by atoms with E-state index in [4.69, 9.17) is 0 Å². The second kappa shape index (κ2) is 7.44. The van der Waals surface area contributed by atoms with Crippen LogP contribution in [0.1, 0.15) is 0 Å². The molecule has 0 radical (unpaired) electrons. The fourth-order valence-electron chi connectivity index (χ4n) is 2.11. The smallest absolute Gasteiger partial charge is 0.166 e. The Balaban J connectivity index is 0.000000345. The van der Waals surface area contributed by atoms with Gasteiger partial charge in [-0.3, -0.25) is 0 Å². The van der Waals surface area contributed by atoms with Crippen molar-refractivity contribution in [3.05, 3.63) is 90.5 Å². The fourth-order valence-corrected chi connectivity index (χ4v) is 4.17. The summed E-state index contributed by atoms with van der Waals surface area (Å²) in [5.41, 5.74) is 0. The Labute approximate surface area is 160 Å². The van der Waals surface area contributed by atoms with Crippen LogP contribution >= 0.6 is 0 Å². The molecular formula is C18H13AsF8S. The molecule has 0 spiro atoms. The predicted octanol–water partition coefficient (Wildman–Crippen LogP) is 7.20. The van der Waals surface area contributed by atoms with E-state index in [1.54, 1.807) is 24.3 Å². The maximum absolute atomic E-state index is 13.2. The molecule has 0 fully saturated rings. The predicted molar refractivity (Wildman–Crippen MR) is 93.8 cm³/mol. The van der Waals surface area contributed by atoms with Gasteiger partial charge in [0.2, 0.25) is 0 Å². The maximum atomic E-state index is 13.2. The summed E-state index contributed by atoms with van der Waals surface area (Å²) in [6, 6.07) is 23.0. The Morgan fingerprint density at radius 1 is 0.464 bits per heavy atom. The van der Waals surface area contributed by atoms with E-state index in [-0.39, 0.29) is 22.5 Å². The molecule has 0 aliphatic heterocycles. The van der Waals surface area contributed by atoms with Gasteiger partial charge < -0.3 is 0 Å². The molecule has 3 aromatic carbocycles. The van der Waals surface area contributed by atoms with E-state index in [0.29, 0.717) is 0 Å². The van der Waals surface area contributed by atoms with Crippen LogP contribution in [0.2, 0.25) is 0 Å². The van der Waals surface area contributed by atoms with Gasteiger partial charge >= 0.3 is 35.0 Å². The van der Waals surface area contributed by atoms with Crippen LogP contribution in [0.25, 0.3) is 0 Å². The zero-order valence-corrected chi connectivity index (χ0v) is 16.6. The van der Waals surface area contributed by atoms with Gasteiger partial charge in [-0.25, -0.2) is 8.78 Å². The molecule has 0 nitrogen and oxygen atoms in total. The molecule has 3 rings (SSSR count). The van der Waals surface area contributed by atoms with Crippen LogP contribution in [-0.4, -0.2) is 14.2 Å². The summed E-state index contributed by atoms with van der Waals surface area (Å²) in [6.07, 6.45) is 0. The summed E-state index contributed by atoms with van der Waals surface area (Å²) in [5, 5.41) is 0. The minimum atomic E-state index is -11.1. The van der Waals surface area contributed by atoms with Crippen molar-refractivity contribution in [2.24, 2.45) is 0 Å². The Morgan fingerprint density at radius 2 is 0.750 bits per heavy atom. The molecule has 0 bridgehead atoms. The first-order chi connectivity index (χ1) is 12.7. The van der Waals surface area contributed by atoms with E-state index in [0.717, 1.165) is 14.7 Å². The van der Waals surface area contributed by atoms with E-state index >= 15 is 0 Å². The van der Waals surface area contributed by atoms with Gasteiger partial charge in [0.25, 0.3) is 0 Å². The van der Waals surface area contributed by atoms with E-state index in [9.17, 15) is 29.6 Å². The fraction of sp³-hybridized carbons (Fsp3) is 0. The summed E-state index contributed by atoms with van der Waals surface area (Å²) >= 11 is -11.1. The molecule has 0 N–H and O–H groups in total. The molecule has 152 valence electrons. The van der Waals surface area contributed by atoms with Crippen molar-refractivity contribution in [3.8, 4) is 0 Å². The molecule has 0 aromatic heterocycles. The van der Waals surface area contributed by atoms with Gasteiger partial charge in [0.05, 0.1) is 10.9 Å². The van der Waals surface area contributed by atoms with Crippen LogP contribution in [0.5, 0.6) is 0 Å². The van der Waals surface area contributed by atoms with Gasteiger partial charge in [-0.2, -0.15) is 0 Å². The normalized spacial score (nSPS) is 13.9. The first kappa shape index (κ1) is 22.3. The molecule has 0 saturated carbocycles. The van der Waals surface area contributed by atoms with Crippen molar-refractivity contribution >= 4 is 25.1 Å².